The molecule has 12 heteroatoms. The Morgan fingerprint density at radius 1 is 0.750 bits per heavy atom. The molecule has 6 N–H and O–H groups in total. The summed E-state index contributed by atoms with van der Waals surface area (Å²) in [4.78, 5) is 67.9. The van der Waals surface area contributed by atoms with E-state index in [4.69, 9.17) is 0 Å². The van der Waals surface area contributed by atoms with Crippen LogP contribution in [0.2, 0.25) is 0 Å². The fourth-order valence-corrected chi connectivity index (χ4v) is 2.29. The Bertz CT molecular complexity index is 639. The van der Waals surface area contributed by atoms with Gasteiger partial charge in [0.1, 0.15) is 12.1 Å². The molecule has 2 heterocycles. The summed E-state index contributed by atoms with van der Waals surface area (Å²) >= 11 is 0. The molecule has 0 radical (unpaired) electrons. The lowest BCUT2D eigenvalue weighted by atomic mass is 9.95. The fraction of sp³-hybridized carbons (Fsp3) is 0.333. The van der Waals surface area contributed by atoms with Gasteiger partial charge in [0.2, 0.25) is 0 Å². The molecule has 2 rings (SSSR count). The summed E-state index contributed by atoms with van der Waals surface area (Å²) < 4.78 is 0. The average molecular weight is 340 g/mol. The minimum absolute atomic E-state index is 0.586. The van der Waals surface area contributed by atoms with Crippen LogP contribution in [0.15, 0.2) is 11.1 Å². The zero-order valence-electron chi connectivity index (χ0n) is 11.9. The molecule has 0 bridgehead atoms. The van der Waals surface area contributed by atoms with E-state index in [0.29, 0.717) is 0 Å². The number of carbonyl (C=O) groups is 6. The molecule has 0 spiro atoms. The highest BCUT2D eigenvalue weighted by Gasteiger charge is 2.36. The first-order valence-electron chi connectivity index (χ1n) is 6.60. The molecular weight excluding hydrogens is 328 g/mol. The summed E-state index contributed by atoms with van der Waals surface area (Å²) in [6.45, 7) is 0. The lowest BCUT2D eigenvalue weighted by molar-refractivity contribution is -0.136. The van der Waals surface area contributed by atoms with Crippen LogP contribution in [0.5, 0.6) is 0 Å². The van der Waals surface area contributed by atoms with Crippen LogP contribution < -0.4 is 21.3 Å². The molecule has 128 valence electrons. The minimum atomic E-state index is -1.62. The second kappa shape index (κ2) is 6.36. The Kier molecular flexibility index (Phi) is 4.48. The minimum Gasteiger partial charge on any atom is -0.478 e. The highest BCUT2D eigenvalue weighted by Crippen LogP contribution is 2.20. The highest BCUT2D eigenvalue weighted by molar-refractivity contribution is 6.07. The maximum Gasteiger partial charge on any atom is 0.332 e. The van der Waals surface area contributed by atoms with E-state index in [9.17, 15) is 39.0 Å². The third kappa shape index (κ3) is 3.48. The fourth-order valence-electron chi connectivity index (χ4n) is 2.29. The maximum absolute atomic E-state index is 11.5. The number of rotatable bonds is 6. The monoisotopic (exact) mass is 340 g/mol. The number of carboxylic acids is 2. The Labute approximate surface area is 133 Å². The summed E-state index contributed by atoms with van der Waals surface area (Å²) in [7, 11) is 0. The number of imide groups is 2. The molecule has 2 unspecified atom stereocenters. The van der Waals surface area contributed by atoms with Gasteiger partial charge in [0, 0.05) is 12.8 Å². The van der Waals surface area contributed by atoms with E-state index in [0.717, 1.165) is 0 Å². The van der Waals surface area contributed by atoms with Crippen molar-refractivity contribution >= 4 is 35.8 Å². The molecule has 2 saturated heterocycles. The predicted molar refractivity (Wildman–Crippen MR) is 72.5 cm³/mol. The topological polar surface area (TPSA) is 191 Å². The van der Waals surface area contributed by atoms with Crippen LogP contribution in [0.1, 0.15) is 12.8 Å². The van der Waals surface area contributed by atoms with Crippen molar-refractivity contribution in [2.24, 2.45) is 0 Å². The Morgan fingerprint density at radius 3 is 1.29 bits per heavy atom. The number of carbonyl (C=O) groups excluding carboxylic acids is 4. The van der Waals surface area contributed by atoms with Gasteiger partial charge in [-0.3, -0.25) is 20.2 Å². The van der Waals surface area contributed by atoms with Crippen LogP contribution in [0.25, 0.3) is 0 Å². The normalized spacial score (nSPS) is 23.8. The summed E-state index contributed by atoms with van der Waals surface area (Å²) in [5, 5.41) is 26.6. The zero-order chi connectivity index (χ0) is 18.0. The number of urea groups is 2. The molecule has 12 nitrogen and oxygen atoms in total. The Morgan fingerprint density at radius 2 is 1.08 bits per heavy atom. The highest BCUT2D eigenvalue weighted by atomic mass is 16.4. The van der Waals surface area contributed by atoms with Gasteiger partial charge >= 0.3 is 24.0 Å². The van der Waals surface area contributed by atoms with Gasteiger partial charge in [-0.05, 0) is 0 Å². The van der Waals surface area contributed by atoms with Crippen LogP contribution in [0.4, 0.5) is 9.59 Å². The molecule has 0 aromatic heterocycles. The van der Waals surface area contributed by atoms with E-state index in [2.05, 4.69) is 10.6 Å². The van der Waals surface area contributed by atoms with Crippen LogP contribution >= 0.6 is 0 Å². The summed E-state index contributed by atoms with van der Waals surface area (Å²) in [6.07, 6.45) is -1.17. The van der Waals surface area contributed by atoms with Crippen molar-refractivity contribution in [3.8, 4) is 0 Å². The van der Waals surface area contributed by atoms with Crippen molar-refractivity contribution < 1.29 is 39.0 Å². The van der Waals surface area contributed by atoms with Gasteiger partial charge in [-0.2, -0.15) is 0 Å². The summed E-state index contributed by atoms with van der Waals surface area (Å²) in [5.74, 6) is -4.83. The third-order valence-corrected chi connectivity index (χ3v) is 3.41. The summed E-state index contributed by atoms with van der Waals surface area (Å²) in [6, 6.07) is -4.14. The number of hydrogen-bond acceptors (Lipinski definition) is 6. The first kappa shape index (κ1) is 16.9. The predicted octanol–water partition coefficient (Wildman–Crippen LogP) is -2.35. The van der Waals surface area contributed by atoms with Gasteiger partial charge < -0.3 is 20.8 Å². The lowest BCUT2D eigenvalue weighted by Crippen LogP contribution is -2.34. The van der Waals surface area contributed by atoms with Crippen LogP contribution in [-0.2, 0) is 19.2 Å². The standard InChI is InChI=1S/C12H12N4O8/c17-7-5(13-11(23)15-7)1-3(9(19)20)4(10(21)22)2-6-8(18)16-12(24)14-6/h5-6H,1-2H2,(H,19,20)(H,21,22)(H2,13,15,17,23)(H2,14,16,18,24)/b4-3+. The van der Waals surface area contributed by atoms with Crippen LogP contribution in [0.3, 0.4) is 0 Å². The zero-order valence-corrected chi connectivity index (χ0v) is 11.9. The number of hydrogen-bond donors (Lipinski definition) is 6. The molecule has 6 amide bonds. The lowest BCUT2D eigenvalue weighted by Gasteiger charge is -2.14. The summed E-state index contributed by atoms with van der Waals surface area (Å²) in [5.41, 5.74) is -1.31. The number of aliphatic carboxylic acids is 2. The molecule has 24 heavy (non-hydrogen) atoms. The molecule has 0 aromatic rings. The molecule has 2 fully saturated rings. The van der Waals surface area contributed by atoms with Gasteiger partial charge in [0.05, 0.1) is 11.1 Å². The van der Waals surface area contributed by atoms with Crippen molar-refractivity contribution in [3.05, 3.63) is 11.1 Å². The molecule has 0 saturated carbocycles. The molecule has 0 aromatic carbocycles. The van der Waals surface area contributed by atoms with E-state index >= 15 is 0 Å². The Balaban J connectivity index is 2.30. The van der Waals surface area contributed by atoms with Crippen molar-refractivity contribution in [2.45, 2.75) is 24.9 Å². The van der Waals surface area contributed by atoms with Crippen molar-refractivity contribution in [3.63, 3.8) is 0 Å². The van der Waals surface area contributed by atoms with Crippen LogP contribution in [-0.4, -0.2) is 58.1 Å². The van der Waals surface area contributed by atoms with Gasteiger partial charge in [0.15, 0.2) is 0 Å². The third-order valence-electron chi connectivity index (χ3n) is 3.41. The maximum atomic E-state index is 11.5. The second-order valence-corrected chi connectivity index (χ2v) is 5.01. The SMILES string of the molecule is O=C1NC(=O)C(C/C(C(=O)O)=C(/CC2NC(=O)NC2=O)C(=O)O)N1. The van der Waals surface area contributed by atoms with Gasteiger partial charge in [0.25, 0.3) is 11.8 Å². The largest absolute Gasteiger partial charge is 0.478 e. The quantitative estimate of drug-likeness (QED) is 0.228. The number of nitrogens with one attached hydrogen (secondary N) is 4. The van der Waals surface area contributed by atoms with Gasteiger partial charge in [-0.25, -0.2) is 19.2 Å². The first-order valence-corrected chi connectivity index (χ1v) is 6.60. The van der Waals surface area contributed by atoms with E-state index in [1.54, 1.807) is 0 Å². The number of carboxylic acid groups (broad SMARTS) is 2. The van der Waals surface area contributed by atoms with Gasteiger partial charge in [-0.1, -0.05) is 0 Å². The average Bonchev–Trinajstić information content (AvgIpc) is 2.94. The molecular formula is C12H12N4O8. The van der Waals surface area contributed by atoms with Crippen molar-refractivity contribution in [1.82, 2.24) is 21.3 Å². The molecule has 2 aliphatic rings. The first-order chi connectivity index (χ1) is 11.2. The van der Waals surface area contributed by atoms with E-state index in [1.807, 2.05) is 10.6 Å². The van der Waals surface area contributed by atoms with Gasteiger partial charge in [-0.15, -0.1) is 0 Å². The van der Waals surface area contributed by atoms with Crippen molar-refractivity contribution in [1.29, 1.82) is 0 Å². The molecule has 2 aliphatic heterocycles. The van der Waals surface area contributed by atoms with E-state index < -0.39 is 71.9 Å². The smallest absolute Gasteiger partial charge is 0.332 e. The Hall–Kier alpha value is -3.44. The molecule has 0 aliphatic carbocycles. The second-order valence-electron chi connectivity index (χ2n) is 5.01. The van der Waals surface area contributed by atoms with Crippen LogP contribution in [0, 0.1) is 0 Å². The number of amides is 6. The van der Waals surface area contributed by atoms with E-state index in [-0.39, 0.29) is 0 Å². The molecule has 2 atom stereocenters. The van der Waals surface area contributed by atoms with Crippen molar-refractivity contribution in [2.75, 3.05) is 0 Å². The van der Waals surface area contributed by atoms with E-state index in [1.165, 1.54) is 0 Å².